The van der Waals surface area contributed by atoms with Crippen LogP contribution in [0.15, 0.2) is 41.3 Å². The first-order valence-electron chi connectivity index (χ1n) is 5.01. The minimum Gasteiger partial charge on any atom is -0.329 e. The molecular formula is C12H8ClIN2O2. The molecule has 0 saturated carbocycles. The lowest BCUT2D eigenvalue weighted by Crippen LogP contribution is -2.15. The van der Waals surface area contributed by atoms with Crippen molar-refractivity contribution < 1.29 is 4.79 Å². The minimum atomic E-state index is -0.371. The molecule has 0 spiro atoms. The van der Waals surface area contributed by atoms with Gasteiger partial charge in [-0.25, -0.2) is 0 Å². The van der Waals surface area contributed by atoms with E-state index < -0.39 is 0 Å². The van der Waals surface area contributed by atoms with Gasteiger partial charge in [-0.05, 0) is 46.9 Å². The molecule has 1 heterocycles. The molecule has 0 aliphatic carbocycles. The lowest BCUT2D eigenvalue weighted by Gasteiger charge is -2.07. The number of hydrogen-bond donors (Lipinski definition) is 2. The highest BCUT2D eigenvalue weighted by Gasteiger charge is 2.08. The van der Waals surface area contributed by atoms with E-state index in [2.05, 4.69) is 32.9 Å². The van der Waals surface area contributed by atoms with Crippen molar-refractivity contribution in [1.29, 1.82) is 0 Å². The summed E-state index contributed by atoms with van der Waals surface area (Å²) in [5.41, 5.74) is 0.479. The minimum absolute atomic E-state index is 0.286. The monoisotopic (exact) mass is 374 g/mol. The topological polar surface area (TPSA) is 62.0 Å². The third-order valence-corrected chi connectivity index (χ3v) is 3.20. The summed E-state index contributed by atoms with van der Waals surface area (Å²) in [6.45, 7) is 0. The van der Waals surface area contributed by atoms with Crippen molar-refractivity contribution in [3.05, 3.63) is 61.0 Å². The third kappa shape index (κ3) is 3.11. The standard InChI is InChI=1S/C12H8ClIN2O2/c13-9-6-8(14)1-2-10(9)16-12(18)7-3-4-15-11(17)5-7/h1-6H,(H,15,17)(H,16,18). The average Bonchev–Trinajstić information content (AvgIpc) is 2.32. The van der Waals surface area contributed by atoms with E-state index in [1.165, 1.54) is 18.3 Å². The fourth-order valence-corrected chi connectivity index (χ4v) is 2.27. The number of aromatic amines is 1. The van der Waals surface area contributed by atoms with Gasteiger partial charge >= 0.3 is 0 Å². The van der Waals surface area contributed by atoms with E-state index in [4.69, 9.17) is 11.6 Å². The number of carbonyl (C=O) groups excluding carboxylic acids is 1. The van der Waals surface area contributed by atoms with Gasteiger partial charge in [0.2, 0.25) is 5.56 Å². The number of hydrogen-bond acceptors (Lipinski definition) is 2. The van der Waals surface area contributed by atoms with Crippen LogP contribution in [-0.4, -0.2) is 10.9 Å². The Balaban J connectivity index is 2.24. The number of amides is 1. The molecule has 0 aliphatic heterocycles. The van der Waals surface area contributed by atoms with Gasteiger partial charge in [0.25, 0.3) is 5.91 Å². The Hall–Kier alpha value is -1.34. The molecule has 2 aromatic rings. The van der Waals surface area contributed by atoms with Gasteiger partial charge in [0.05, 0.1) is 10.7 Å². The zero-order valence-corrected chi connectivity index (χ0v) is 11.9. The second kappa shape index (κ2) is 5.53. The van der Waals surface area contributed by atoms with Gasteiger partial charge < -0.3 is 10.3 Å². The largest absolute Gasteiger partial charge is 0.329 e. The van der Waals surface area contributed by atoms with Crippen LogP contribution >= 0.6 is 34.2 Å². The van der Waals surface area contributed by atoms with Crippen LogP contribution in [0.5, 0.6) is 0 Å². The van der Waals surface area contributed by atoms with E-state index in [1.807, 2.05) is 6.07 Å². The van der Waals surface area contributed by atoms with Crippen molar-refractivity contribution >= 4 is 45.8 Å². The van der Waals surface area contributed by atoms with E-state index in [0.29, 0.717) is 10.7 Å². The van der Waals surface area contributed by atoms with E-state index >= 15 is 0 Å². The van der Waals surface area contributed by atoms with Crippen LogP contribution in [-0.2, 0) is 0 Å². The summed E-state index contributed by atoms with van der Waals surface area (Å²) < 4.78 is 0.978. The molecule has 1 amide bonds. The molecule has 6 heteroatoms. The second-order valence-electron chi connectivity index (χ2n) is 3.52. The number of rotatable bonds is 2. The Bertz CT molecular complexity index is 655. The van der Waals surface area contributed by atoms with E-state index in [9.17, 15) is 9.59 Å². The van der Waals surface area contributed by atoms with Gasteiger partial charge in [0.1, 0.15) is 0 Å². The number of anilines is 1. The van der Waals surface area contributed by atoms with Crippen LogP contribution in [0.3, 0.4) is 0 Å². The lowest BCUT2D eigenvalue weighted by molar-refractivity contribution is 0.102. The summed E-state index contributed by atoms with van der Waals surface area (Å²) in [7, 11) is 0. The van der Waals surface area contributed by atoms with Crippen LogP contribution in [0.25, 0.3) is 0 Å². The molecule has 0 aliphatic rings. The zero-order chi connectivity index (χ0) is 13.1. The molecule has 92 valence electrons. The fourth-order valence-electron chi connectivity index (χ4n) is 1.37. The molecule has 2 rings (SSSR count). The third-order valence-electron chi connectivity index (χ3n) is 2.22. The first-order valence-corrected chi connectivity index (χ1v) is 6.47. The molecule has 1 aromatic carbocycles. The van der Waals surface area contributed by atoms with Crippen LogP contribution < -0.4 is 10.9 Å². The number of aromatic nitrogens is 1. The SMILES string of the molecule is O=C(Nc1ccc(I)cc1Cl)c1cc[nH]c(=O)c1. The van der Waals surface area contributed by atoms with Gasteiger partial charge in [-0.3, -0.25) is 9.59 Å². The molecule has 0 unspecified atom stereocenters. The number of pyridine rings is 1. The maximum absolute atomic E-state index is 11.9. The van der Waals surface area contributed by atoms with Crippen molar-refractivity contribution in [2.24, 2.45) is 0 Å². The molecule has 2 N–H and O–H groups in total. The molecule has 0 fully saturated rings. The number of halogens is 2. The van der Waals surface area contributed by atoms with Crippen molar-refractivity contribution in [2.75, 3.05) is 5.32 Å². The average molecular weight is 375 g/mol. The number of nitrogens with one attached hydrogen (secondary N) is 2. The highest BCUT2D eigenvalue weighted by atomic mass is 127. The molecule has 18 heavy (non-hydrogen) atoms. The summed E-state index contributed by atoms with van der Waals surface area (Å²) in [6.07, 6.45) is 1.42. The Labute approximate surface area is 122 Å². The molecule has 0 saturated heterocycles. The van der Waals surface area contributed by atoms with Crippen molar-refractivity contribution in [3.8, 4) is 0 Å². The predicted molar refractivity (Wildman–Crippen MR) is 79.2 cm³/mol. The van der Waals surface area contributed by atoms with Crippen molar-refractivity contribution in [2.45, 2.75) is 0 Å². The smallest absolute Gasteiger partial charge is 0.255 e. The zero-order valence-electron chi connectivity index (χ0n) is 9.04. The molecule has 1 aromatic heterocycles. The molecule has 4 nitrogen and oxygen atoms in total. The number of carbonyl (C=O) groups is 1. The molecule has 0 radical (unpaired) electrons. The number of H-pyrrole nitrogens is 1. The van der Waals surface area contributed by atoms with Gasteiger partial charge in [-0.2, -0.15) is 0 Å². The van der Waals surface area contributed by atoms with Gasteiger partial charge in [-0.1, -0.05) is 11.6 Å². The Morgan fingerprint density at radius 3 is 2.72 bits per heavy atom. The Kier molecular flexibility index (Phi) is 4.03. The first kappa shape index (κ1) is 13.1. The van der Waals surface area contributed by atoms with Crippen LogP contribution in [0.1, 0.15) is 10.4 Å². The lowest BCUT2D eigenvalue weighted by atomic mass is 10.2. The van der Waals surface area contributed by atoms with Gasteiger partial charge in [-0.15, -0.1) is 0 Å². The predicted octanol–water partition coefficient (Wildman–Crippen LogP) is 2.89. The maximum Gasteiger partial charge on any atom is 0.255 e. The number of benzene rings is 1. The molecular weight excluding hydrogens is 367 g/mol. The van der Waals surface area contributed by atoms with Gasteiger partial charge in [0.15, 0.2) is 0 Å². The normalized spacial score (nSPS) is 10.1. The van der Waals surface area contributed by atoms with E-state index in [0.717, 1.165) is 3.57 Å². The van der Waals surface area contributed by atoms with Crippen LogP contribution in [0.4, 0.5) is 5.69 Å². The van der Waals surface area contributed by atoms with E-state index in [1.54, 1.807) is 12.1 Å². The summed E-state index contributed by atoms with van der Waals surface area (Å²) in [6, 6.07) is 8.05. The second-order valence-corrected chi connectivity index (χ2v) is 5.17. The van der Waals surface area contributed by atoms with Crippen molar-refractivity contribution in [1.82, 2.24) is 4.98 Å². The summed E-state index contributed by atoms with van der Waals surface area (Å²) in [5, 5.41) is 3.11. The summed E-state index contributed by atoms with van der Waals surface area (Å²) in [4.78, 5) is 25.4. The fraction of sp³-hybridized carbons (Fsp3) is 0. The Morgan fingerprint density at radius 1 is 1.28 bits per heavy atom. The first-order chi connectivity index (χ1) is 8.56. The van der Waals surface area contributed by atoms with Gasteiger partial charge in [0, 0.05) is 21.4 Å². The van der Waals surface area contributed by atoms with Crippen molar-refractivity contribution in [3.63, 3.8) is 0 Å². The maximum atomic E-state index is 11.9. The molecule has 0 atom stereocenters. The molecule has 0 bridgehead atoms. The summed E-state index contributed by atoms with van der Waals surface area (Å²) >= 11 is 8.13. The highest BCUT2D eigenvalue weighted by molar-refractivity contribution is 14.1. The van der Waals surface area contributed by atoms with Crippen LogP contribution in [0, 0.1) is 3.57 Å². The highest BCUT2D eigenvalue weighted by Crippen LogP contribution is 2.24. The van der Waals surface area contributed by atoms with Crippen LogP contribution in [0.2, 0.25) is 5.02 Å². The summed E-state index contributed by atoms with van der Waals surface area (Å²) in [5.74, 6) is -0.371. The van der Waals surface area contributed by atoms with E-state index in [-0.39, 0.29) is 17.0 Å². The Morgan fingerprint density at radius 2 is 2.06 bits per heavy atom. The quantitative estimate of drug-likeness (QED) is 0.794.